The number of hydrogen-bond acceptors (Lipinski definition) is 7. The van der Waals surface area contributed by atoms with Crippen molar-refractivity contribution in [3.05, 3.63) is 44.6 Å². The van der Waals surface area contributed by atoms with Gasteiger partial charge in [-0.3, -0.25) is 19.3 Å². The number of aryl methyl sites for hydroxylation is 2. The molecular formula is C23H22N4O4S2. The molecule has 3 amide bonds. The van der Waals surface area contributed by atoms with Gasteiger partial charge in [-0.15, -0.1) is 22.7 Å². The minimum Gasteiger partial charge on any atom is -0.482 e. The number of carbonyl (C=O) groups is 3. The van der Waals surface area contributed by atoms with Crippen molar-refractivity contribution in [1.82, 2.24) is 4.98 Å². The molecule has 1 aliphatic heterocycles. The van der Waals surface area contributed by atoms with Crippen LogP contribution in [0, 0.1) is 6.92 Å². The van der Waals surface area contributed by atoms with Crippen molar-refractivity contribution in [3.8, 4) is 17.0 Å². The number of anilines is 2. The summed E-state index contributed by atoms with van der Waals surface area (Å²) in [5.41, 5.74) is 9.14. The molecule has 2 aromatic heterocycles. The van der Waals surface area contributed by atoms with Gasteiger partial charge in [0.15, 0.2) is 6.61 Å². The molecule has 3 aromatic rings. The van der Waals surface area contributed by atoms with Crippen LogP contribution in [0.15, 0.2) is 23.6 Å². The van der Waals surface area contributed by atoms with Crippen LogP contribution in [0.25, 0.3) is 11.3 Å². The first kappa shape index (κ1) is 21.6. The lowest BCUT2D eigenvalue weighted by atomic mass is 9.95. The van der Waals surface area contributed by atoms with Gasteiger partial charge in [0.05, 0.1) is 22.0 Å². The Labute approximate surface area is 198 Å². The number of fused-ring (bicyclic) bond motifs is 2. The van der Waals surface area contributed by atoms with Crippen molar-refractivity contribution in [2.45, 2.75) is 32.6 Å². The van der Waals surface area contributed by atoms with Crippen LogP contribution in [0.4, 0.5) is 10.7 Å². The maximum atomic E-state index is 13.0. The van der Waals surface area contributed by atoms with Gasteiger partial charge in [-0.25, -0.2) is 4.98 Å². The first-order valence-corrected chi connectivity index (χ1v) is 12.3. The van der Waals surface area contributed by atoms with E-state index >= 15 is 0 Å². The van der Waals surface area contributed by atoms with E-state index in [1.807, 2.05) is 24.4 Å². The molecule has 0 unspecified atom stereocenters. The molecule has 0 saturated heterocycles. The molecule has 3 heterocycles. The van der Waals surface area contributed by atoms with Gasteiger partial charge in [-0.2, -0.15) is 0 Å². The number of primary amides is 1. The van der Waals surface area contributed by atoms with E-state index in [2.05, 4.69) is 10.3 Å². The number of benzene rings is 1. The maximum Gasteiger partial charge on any atom is 0.265 e. The summed E-state index contributed by atoms with van der Waals surface area (Å²) < 4.78 is 5.57. The molecule has 33 heavy (non-hydrogen) atoms. The highest BCUT2D eigenvalue weighted by Crippen LogP contribution is 2.39. The zero-order valence-electron chi connectivity index (χ0n) is 18.0. The number of carbonyl (C=O) groups excluding carboxylic acids is 3. The topological polar surface area (TPSA) is 115 Å². The predicted molar refractivity (Wildman–Crippen MR) is 128 cm³/mol. The monoisotopic (exact) mass is 482 g/mol. The Morgan fingerprint density at radius 1 is 1.27 bits per heavy atom. The minimum absolute atomic E-state index is 0.144. The van der Waals surface area contributed by atoms with Crippen LogP contribution in [0.3, 0.4) is 0 Å². The van der Waals surface area contributed by atoms with Crippen molar-refractivity contribution in [1.29, 1.82) is 0 Å². The third kappa shape index (κ3) is 4.11. The minimum atomic E-state index is -0.541. The van der Waals surface area contributed by atoms with Gasteiger partial charge < -0.3 is 15.8 Å². The van der Waals surface area contributed by atoms with Gasteiger partial charge in [-0.1, -0.05) is 0 Å². The molecule has 2 aliphatic rings. The van der Waals surface area contributed by atoms with Crippen LogP contribution in [0.2, 0.25) is 0 Å². The van der Waals surface area contributed by atoms with Crippen LogP contribution in [0.5, 0.6) is 5.75 Å². The van der Waals surface area contributed by atoms with E-state index in [1.54, 1.807) is 17.4 Å². The number of ether oxygens (including phenoxy) is 1. The van der Waals surface area contributed by atoms with Crippen LogP contribution in [0.1, 0.15) is 38.6 Å². The van der Waals surface area contributed by atoms with Gasteiger partial charge in [-0.05, 0) is 56.4 Å². The number of nitrogens with one attached hydrogen (secondary N) is 1. The third-order valence-corrected chi connectivity index (χ3v) is 7.77. The highest BCUT2D eigenvalue weighted by atomic mass is 32.1. The largest absolute Gasteiger partial charge is 0.482 e. The van der Waals surface area contributed by atoms with Crippen molar-refractivity contribution < 1.29 is 19.1 Å². The van der Waals surface area contributed by atoms with E-state index in [1.165, 1.54) is 16.2 Å². The third-order valence-electron chi connectivity index (χ3n) is 5.79. The number of thiazole rings is 1. The Bertz CT molecular complexity index is 1280. The molecule has 3 N–H and O–H groups in total. The predicted octanol–water partition coefficient (Wildman–Crippen LogP) is 3.52. The number of thiophene rings is 1. The normalized spacial score (nSPS) is 14.9. The Morgan fingerprint density at radius 3 is 2.85 bits per heavy atom. The number of hydrogen-bond donors (Lipinski definition) is 2. The molecule has 170 valence electrons. The zero-order chi connectivity index (χ0) is 23.1. The van der Waals surface area contributed by atoms with Gasteiger partial charge >= 0.3 is 0 Å². The molecule has 5 rings (SSSR count). The summed E-state index contributed by atoms with van der Waals surface area (Å²) >= 11 is 2.94. The summed E-state index contributed by atoms with van der Waals surface area (Å²) in [5.74, 6) is -0.722. The molecule has 1 aromatic carbocycles. The van der Waals surface area contributed by atoms with Crippen LogP contribution >= 0.6 is 22.7 Å². The summed E-state index contributed by atoms with van der Waals surface area (Å²) in [6, 6.07) is 5.48. The van der Waals surface area contributed by atoms with E-state index in [0.717, 1.165) is 52.4 Å². The summed E-state index contributed by atoms with van der Waals surface area (Å²) in [5, 5.41) is 6.18. The first-order chi connectivity index (χ1) is 15.9. The van der Waals surface area contributed by atoms with Crippen LogP contribution in [-0.4, -0.2) is 35.9 Å². The Balaban J connectivity index is 1.41. The molecule has 8 nitrogen and oxygen atoms in total. The molecule has 0 radical (unpaired) electrons. The molecule has 0 bridgehead atoms. The SMILES string of the molecule is Cc1nc(-c2ccc3c(c2)N(CC(=O)Nc2sc4c(c2C(N)=O)CCCC4)C(=O)CO3)cs1. The fraction of sp³-hybridized carbons (Fsp3) is 0.304. The number of aromatic nitrogens is 1. The molecule has 1 aliphatic carbocycles. The fourth-order valence-corrected chi connectivity index (χ4v) is 6.19. The second-order valence-corrected chi connectivity index (χ2v) is 10.2. The average molecular weight is 483 g/mol. The smallest absolute Gasteiger partial charge is 0.265 e. The Kier molecular flexibility index (Phi) is 5.63. The summed E-state index contributed by atoms with van der Waals surface area (Å²) in [4.78, 5) is 44.8. The molecular weight excluding hydrogens is 460 g/mol. The lowest BCUT2D eigenvalue weighted by Gasteiger charge is -2.29. The van der Waals surface area contributed by atoms with Crippen molar-refractivity contribution in [3.63, 3.8) is 0 Å². The van der Waals surface area contributed by atoms with Crippen molar-refractivity contribution in [2.24, 2.45) is 5.73 Å². The fourth-order valence-electron chi connectivity index (χ4n) is 4.26. The second kappa shape index (κ2) is 8.60. The first-order valence-electron chi connectivity index (χ1n) is 10.6. The Hall–Kier alpha value is -3.24. The quantitative estimate of drug-likeness (QED) is 0.577. The summed E-state index contributed by atoms with van der Waals surface area (Å²) in [6.07, 6.45) is 3.72. The lowest BCUT2D eigenvalue weighted by Crippen LogP contribution is -2.43. The molecule has 0 fully saturated rings. The molecule has 0 atom stereocenters. The van der Waals surface area contributed by atoms with Crippen molar-refractivity contribution >= 4 is 51.1 Å². The van der Waals surface area contributed by atoms with Gasteiger partial charge in [0.1, 0.15) is 17.3 Å². The number of rotatable bonds is 5. The van der Waals surface area contributed by atoms with E-state index in [9.17, 15) is 14.4 Å². The molecule has 10 heteroatoms. The Morgan fingerprint density at radius 2 is 2.09 bits per heavy atom. The lowest BCUT2D eigenvalue weighted by molar-refractivity contribution is -0.123. The summed E-state index contributed by atoms with van der Waals surface area (Å²) in [7, 11) is 0. The molecule has 0 saturated carbocycles. The highest BCUT2D eigenvalue weighted by molar-refractivity contribution is 7.17. The van der Waals surface area contributed by atoms with E-state index in [-0.39, 0.29) is 19.1 Å². The van der Waals surface area contributed by atoms with E-state index in [0.29, 0.717) is 22.0 Å². The van der Waals surface area contributed by atoms with E-state index in [4.69, 9.17) is 10.5 Å². The number of nitrogens with zero attached hydrogens (tertiary/aromatic N) is 2. The van der Waals surface area contributed by atoms with Gasteiger partial charge in [0.25, 0.3) is 11.8 Å². The zero-order valence-corrected chi connectivity index (χ0v) is 19.6. The number of nitrogens with two attached hydrogens (primary N) is 1. The summed E-state index contributed by atoms with van der Waals surface area (Å²) in [6.45, 7) is 1.59. The van der Waals surface area contributed by atoms with Crippen LogP contribution in [-0.2, 0) is 22.4 Å². The van der Waals surface area contributed by atoms with E-state index < -0.39 is 11.8 Å². The van der Waals surface area contributed by atoms with Crippen molar-refractivity contribution in [2.75, 3.05) is 23.4 Å². The second-order valence-electron chi connectivity index (χ2n) is 8.03. The van der Waals surface area contributed by atoms with Gasteiger partial charge in [0, 0.05) is 15.8 Å². The molecule has 0 spiro atoms. The average Bonchev–Trinajstić information content (AvgIpc) is 3.38. The van der Waals surface area contributed by atoms with Crippen LogP contribution < -0.4 is 20.7 Å². The van der Waals surface area contributed by atoms with Gasteiger partial charge in [0.2, 0.25) is 5.91 Å². The maximum absolute atomic E-state index is 13.0. The standard InChI is InChI=1S/C23H22N4O4S2/c1-12-25-15(11-32-12)13-6-7-17-16(8-13)27(20(29)10-31-17)9-19(28)26-23-21(22(24)30)14-4-2-3-5-18(14)33-23/h6-8,11H,2-5,9-10H2,1H3,(H2,24,30)(H,26,28). The number of amides is 3. The highest BCUT2D eigenvalue weighted by Gasteiger charge is 2.30.